The summed E-state index contributed by atoms with van der Waals surface area (Å²) in [4.78, 5) is 11.5. The fourth-order valence-electron chi connectivity index (χ4n) is 10.9. The van der Waals surface area contributed by atoms with Crippen molar-refractivity contribution < 1.29 is 0 Å². The van der Waals surface area contributed by atoms with Gasteiger partial charge in [0.15, 0.2) is 0 Å². The van der Waals surface area contributed by atoms with Crippen molar-refractivity contribution in [1.29, 1.82) is 0 Å². The molecule has 0 unspecified atom stereocenters. The van der Waals surface area contributed by atoms with Crippen molar-refractivity contribution >= 4 is 135 Å². The van der Waals surface area contributed by atoms with Crippen LogP contribution in [0.2, 0.25) is 0 Å². The van der Waals surface area contributed by atoms with Crippen molar-refractivity contribution in [2.75, 3.05) is 0 Å². The standard InChI is InChI=1S/C56H30N4S/c1-3-17-38-33(12-1)34-13-2-4-18-39(34)53-51(38)52(32-25-27-50-45(29-32)37-16-7-10-23-49(37)61-50)57-56(58-53)60-47-22-9-6-15-36(47)42-26-24-31-28-44-41-20-11-19-40-35-14-5-8-21-46(35)59(54(40)41)48(44)30-43(31)55(42)60/h1-30H. The van der Waals surface area contributed by atoms with Crippen molar-refractivity contribution in [3.8, 4) is 17.2 Å². The SMILES string of the molecule is c1ccc2c(c1)sc1ccc(-c3nc(-n4c5ccccc5c5ccc6cc7c8cccc9c%10ccccc%10n(c7cc6c54)c98)nc4c5ccccc5c5ccccc5c34)cc12. The minimum absolute atomic E-state index is 0.662. The first kappa shape index (κ1) is 32.0. The third kappa shape index (κ3) is 4.08. The largest absolute Gasteiger partial charge is 0.308 e. The number of rotatable bonds is 2. The normalized spacial score (nSPS) is 12.6. The van der Waals surface area contributed by atoms with Gasteiger partial charge in [-0.2, -0.15) is 0 Å². The van der Waals surface area contributed by atoms with Gasteiger partial charge in [-0.05, 0) is 64.0 Å². The maximum absolute atomic E-state index is 5.77. The molecule has 0 aliphatic carbocycles. The second-order valence-electron chi connectivity index (χ2n) is 16.5. The Labute approximate surface area is 351 Å². The van der Waals surface area contributed by atoms with E-state index in [2.05, 4.69) is 191 Å². The fourth-order valence-corrected chi connectivity index (χ4v) is 11.9. The molecule has 0 saturated carbocycles. The van der Waals surface area contributed by atoms with E-state index in [4.69, 9.17) is 9.97 Å². The molecule has 0 aliphatic rings. The van der Waals surface area contributed by atoms with Crippen LogP contribution >= 0.6 is 11.3 Å². The van der Waals surface area contributed by atoms with E-state index < -0.39 is 0 Å². The minimum Gasteiger partial charge on any atom is -0.308 e. The molecule has 10 aromatic carbocycles. The summed E-state index contributed by atoms with van der Waals surface area (Å²) in [6, 6.07) is 66.8. The number of thiophene rings is 1. The van der Waals surface area contributed by atoms with Gasteiger partial charge in [0.05, 0.1) is 38.8 Å². The van der Waals surface area contributed by atoms with Gasteiger partial charge < -0.3 is 4.40 Å². The van der Waals surface area contributed by atoms with E-state index >= 15 is 0 Å². The fraction of sp³-hybridized carbons (Fsp3) is 0. The van der Waals surface area contributed by atoms with Crippen LogP contribution in [0, 0.1) is 0 Å². The van der Waals surface area contributed by atoms with E-state index in [0.717, 1.165) is 44.0 Å². The number of benzene rings is 10. The molecule has 0 spiro atoms. The van der Waals surface area contributed by atoms with Crippen LogP contribution in [0.4, 0.5) is 0 Å². The average Bonchev–Trinajstić information content (AvgIpc) is 4.06. The summed E-state index contributed by atoms with van der Waals surface area (Å²) in [5.74, 6) is 0.662. The molecule has 0 atom stereocenters. The summed E-state index contributed by atoms with van der Waals surface area (Å²) < 4.78 is 7.39. The number of hydrogen-bond acceptors (Lipinski definition) is 3. The molecule has 0 saturated heterocycles. The number of para-hydroxylation sites is 3. The van der Waals surface area contributed by atoms with Crippen LogP contribution in [0.5, 0.6) is 0 Å². The highest BCUT2D eigenvalue weighted by atomic mass is 32.1. The predicted molar refractivity (Wildman–Crippen MR) is 259 cm³/mol. The van der Waals surface area contributed by atoms with Gasteiger partial charge in [0.25, 0.3) is 0 Å². The molecular formula is C56H30N4S. The van der Waals surface area contributed by atoms with Gasteiger partial charge in [0, 0.05) is 74.2 Å². The Hall–Kier alpha value is -7.86. The Morgan fingerprint density at radius 3 is 1.82 bits per heavy atom. The molecule has 5 heteroatoms. The van der Waals surface area contributed by atoms with E-state index in [-0.39, 0.29) is 0 Å². The smallest absolute Gasteiger partial charge is 0.235 e. The first-order valence-corrected chi connectivity index (χ1v) is 21.6. The van der Waals surface area contributed by atoms with Gasteiger partial charge in [0.1, 0.15) is 0 Å². The first-order valence-electron chi connectivity index (χ1n) is 20.8. The molecule has 61 heavy (non-hydrogen) atoms. The van der Waals surface area contributed by atoms with E-state index in [1.165, 1.54) is 90.6 Å². The monoisotopic (exact) mass is 790 g/mol. The molecular weight excluding hydrogens is 761 g/mol. The number of aromatic nitrogens is 4. The van der Waals surface area contributed by atoms with Crippen LogP contribution < -0.4 is 0 Å². The zero-order valence-electron chi connectivity index (χ0n) is 32.5. The van der Waals surface area contributed by atoms with Crippen LogP contribution in [0.3, 0.4) is 0 Å². The van der Waals surface area contributed by atoms with E-state index in [1.54, 1.807) is 0 Å². The molecule has 0 aliphatic heterocycles. The van der Waals surface area contributed by atoms with E-state index in [9.17, 15) is 0 Å². The molecule has 15 rings (SSSR count). The van der Waals surface area contributed by atoms with Crippen LogP contribution in [0.25, 0.3) is 140 Å². The molecule has 0 radical (unpaired) electrons. The molecule has 5 heterocycles. The molecule has 0 N–H and O–H groups in total. The second kappa shape index (κ2) is 11.4. The first-order chi connectivity index (χ1) is 30.3. The lowest BCUT2D eigenvalue weighted by Gasteiger charge is -2.16. The summed E-state index contributed by atoms with van der Waals surface area (Å²) in [6.07, 6.45) is 0. The van der Waals surface area contributed by atoms with Gasteiger partial charge in [-0.15, -0.1) is 11.3 Å². The highest BCUT2D eigenvalue weighted by molar-refractivity contribution is 7.25. The number of hydrogen-bond donors (Lipinski definition) is 0. The number of nitrogens with zero attached hydrogens (tertiary/aromatic N) is 4. The zero-order valence-corrected chi connectivity index (χ0v) is 33.3. The highest BCUT2D eigenvalue weighted by Crippen LogP contribution is 2.45. The van der Waals surface area contributed by atoms with Crippen molar-refractivity contribution in [1.82, 2.24) is 18.9 Å². The van der Waals surface area contributed by atoms with Gasteiger partial charge in [-0.3, -0.25) is 4.57 Å². The van der Waals surface area contributed by atoms with Crippen LogP contribution in [-0.2, 0) is 0 Å². The lowest BCUT2D eigenvalue weighted by Crippen LogP contribution is -2.04. The third-order valence-electron chi connectivity index (χ3n) is 13.4. The Morgan fingerprint density at radius 1 is 0.361 bits per heavy atom. The zero-order chi connectivity index (χ0) is 39.5. The Kier molecular flexibility index (Phi) is 6.01. The summed E-state index contributed by atoms with van der Waals surface area (Å²) in [7, 11) is 0. The van der Waals surface area contributed by atoms with Crippen molar-refractivity contribution in [3.05, 3.63) is 182 Å². The summed E-state index contributed by atoms with van der Waals surface area (Å²) >= 11 is 1.84. The van der Waals surface area contributed by atoms with E-state index in [1.807, 2.05) is 11.3 Å². The van der Waals surface area contributed by atoms with Crippen molar-refractivity contribution in [2.24, 2.45) is 0 Å². The molecule has 15 aromatic rings. The molecule has 0 fully saturated rings. The van der Waals surface area contributed by atoms with Gasteiger partial charge >= 0.3 is 0 Å². The highest BCUT2D eigenvalue weighted by Gasteiger charge is 2.24. The molecule has 0 amide bonds. The minimum atomic E-state index is 0.662. The molecule has 4 nitrogen and oxygen atoms in total. The summed E-state index contributed by atoms with van der Waals surface area (Å²) in [5.41, 5.74) is 8.87. The maximum Gasteiger partial charge on any atom is 0.235 e. The maximum atomic E-state index is 5.77. The molecule has 280 valence electrons. The number of fused-ring (bicyclic) bond motifs is 20. The predicted octanol–water partition coefficient (Wildman–Crippen LogP) is 15.4. The Morgan fingerprint density at radius 2 is 0.984 bits per heavy atom. The third-order valence-corrected chi connectivity index (χ3v) is 14.6. The summed E-state index contributed by atoms with van der Waals surface area (Å²) in [5, 5.41) is 18.1. The van der Waals surface area contributed by atoms with Crippen LogP contribution in [0.1, 0.15) is 0 Å². The molecule has 5 aromatic heterocycles. The topological polar surface area (TPSA) is 35.1 Å². The average molecular weight is 791 g/mol. The van der Waals surface area contributed by atoms with E-state index in [0.29, 0.717) is 5.95 Å². The van der Waals surface area contributed by atoms with Gasteiger partial charge in [0.2, 0.25) is 5.95 Å². The second-order valence-corrected chi connectivity index (χ2v) is 17.5. The van der Waals surface area contributed by atoms with Crippen LogP contribution in [0.15, 0.2) is 182 Å². The van der Waals surface area contributed by atoms with Crippen LogP contribution in [-0.4, -0.2) is 18.9 Å². The Bertz CT molecular complexity index is 4410. The lowest BCUT2D eigenvalue weighted by molar-refractivity contribution is 1.02. The Balaban J connectivity index is 1.13. The van der Waals surface area contributed by atoms with Crippen molar-refractivity contribution in [3.63, 3.8) is 0 Å². The van der Waals surface area contributed by atoms with Gasteiger partial charge in [-0.1, -0.05) is 140 Å². The summed E-state index contributed by atoms with van der Waals surface area (Å²) in [6.45, 7) is 0. The molecule has 0 bridgehead atoms. The lowest BCUT2D eigenvalue weighted by atomic mass is 9.94. The quantitative estimate of drug-likeness (QED) is 0.164. The van der Waals surface area contributed by atoms with Gasteiger partial charge in [-0.25, -0.2) is 9.97 Å². The van der Waals surface area contributed by atoms with Crippen molar-refractivity contribution in [2.45, 2.75) is 0 Å².